The molecule has 1 aliphatic carbocycles. The number of carbonyl (C=O) groups is 2. The molecule has 1 aliphatic rings. The second-order valence-electron chi connectivity index (χ2n) is 7.17. The Hall–Kier alpha value is -2.52. The second-order valence-corrected chi connectivity index (χ2v) is 8.76. The van der Waals surface area contributed by atoms with Gasteiger partial charge in [0.2, 0.25) is 5.91 Å². The zero-order chi connectivity index (χ0) is 20.2. The van der Waals surface area contributed by atoms with E-state index in [1.807, 2.05) is 36.6 Å². The van der Waals surface area contributed by atoms with Gasteiger partial charge >= 0.3 is 0 Å². The van der Waals surface area contributed by atoms with Crippen molar-refractivity contribution in [2.75, 3.05) is 0 Å². The molecule has 29 heavy (non-hydrogen) atoms. The van der Waals surface area contributed by atoms with E-state index in [-0.39, 0.29) is 23.6 Å². The number of aromatic nitrogens is 2. The van der Waals surface area contributed by atoms with Gasteiger partial charge in [-0.25, -0.2) is 0 Å². The summed E-state index contributed by atoms with van der Waals surface area (Å²) in [7, 11) is 0. The van der Waals surface area contributed by atoms with Crippen molar-refractivity contribution in [3.8, 4) is 0 Å². The number of nitrogens with zero attached hydrogens (tertiary/aromatic N) is 2. The highest BCUT2D eigenvalue weighted by atomic mass is 32.1. The quantitative estimate of drug-likeness (QED) is 0.594. The first-order chi connectivity index (χ1) is 14.1. The number of rotatable bonds is 7. The Labute approximate surface area is 176 Å². The van der Waals surface area contributed by atoms with Crippen LogP contribution in [0, 0.1) is 6.92 Å². The molecule has 3 aromatic heterocycles. The van der Waals surface area contributed by atoms with Crippen molar-refractivity contribution in [1.29, 1.82) is 0 Å². The molecule has 2 N–H and O–H groups in total. The fourth-order valence-corrected chi connectivity index (χ4v) is 4.94. The van der Waals surface area contributed by atoms with Crippen molar-refractivity contribution in [1.82, 2.24) is 20.2 Å². The summed E-state index contributed by atoms with van der Waals surface area (Å²) < 4.78 is 9.61. The molecule has 0 aliphatic heterocycles. The van der Waals surface area contributed by atoms with Crippen molar-refractivity contribution in [2.24, 2.45) is 0 Å². The topological polar surface area (TPSA) is 97.1 Å². The van der Waals surface area contributed by atoms with Gasteiger partial charge in [0.25, 0.3) is 5.91 Å². The summed E-state index contributed by atoms with van der Waals surface area (Å²) >= 11 is 2.60. The molecular weight excluding hydrogens is 408 g/mol. The Bertz CT molecular complexity index is 946. The number of furan rings is 1. The van der Waals surface area contributed by atoms with Gasteiger partial charge in [-0.05, 0) is 54.9 Å². The van der Waals surface area contributed by atoms with Gasteiger partial charge in [0.1, 0.15) is 17.4 Å². The lowest BCUT2D eigenvalue weighted by molar-refractivity contribution is -0.124. The molecule has 0 bridgehead atoms. The van der Waals surface area contributed by atoms with E-state index in [1.54, 1.807) is 5.38 Å². The maximum atomic E-state index is 13.4. The molecular formula is C20H22N4O3S2. The average Bonchev–Trinajstić information content (AvgIpc) is 3.48. The molecule has 2 unspecified atom stereocenters. The van der Waals surface area contributed by atoms with Crippen molar-refractivity contribution in [3.63, 3.8) is 0 Å². The Kier molecular flexibility index (Phi) is 6.05. The summed E-state index contributed by atoms with van der Waals surface area (Å²) in [5.41, 5.74) is 0.238. The van der Waals surface area contributed by atoms with E-state index >= 15 is 0 Å². The summed E-state index contributed by atoms with van der Waals surface area (Å²) in [6.45, 7) is 1.84. The third kappa shape index (κ3) is 4.56. The van der Waals surface area contributed by atoms with Gasteiger partial charge in [0, 0.05) is 16.3 Å². The fraction of sp³-hybridized carbons (Fsp3) is 0.400. The molecule has 2 atom stereocenters. The summed E-state index contributed by atoms with van der Waals surface area (Å²) in [5, 5.41) is 13.5. The van der Waals surface area contributed by atoms with E-state index in [9.17, 15) is 9.59 Å². The van der Waals surface area contributed by atoms with E-state index in [2.05, 4.69) is 20.2 Å². The van der Waals surface area contributed by atoms with Crippen LogP contribution in [-0.4, -0.2) is 27.4 Å². The monoisotopic (exact) mass is 430 g/mol. The van der Waals surface area contributed by atoms with E-state index in [4.69, 9.17) is 4.42 Å². The van der Waals surface area contributed by atoms with Gasteiger partial charge < -0.3 is 15.1 Å². The first kappa shape index (κ1) is 19.8. The van der Waals surface area contributed by atoms with Crippen molar-refractivity contribution >= 4 is 34.7 Å². The predicted molar refractivity (Wildman–Crippen MR) is 111 cm³/mol. The highest BCUT2D eigenvalue weighted by molar-refractivity contribution is 7.10. The molecule has 4 rings (SSSR count). The van der Waals surface area contributed by atoms with E-state index in [0.29, 0.717) is 5.76 Å². The van der Waals surface area contributed by atoms with Crippen molar-refractivity contribution < 1.29 is 14.0 Å². The normalized spacial score (nSPS) is 16.4. The van der Waals surface area contributed by atoms with Gasteiger partial charge in [0.15, 0.2) is 5.69 Å². The Morgan fingerprint density at radius 1 is 1.24 bits per heavy atom. The van der Waals surface area contributed by atoms with Crippen LogP contribution in [0.4, 0.5) is 0 Å². The van der Waals surface area contributed by atoms with Crippen LogP contribution in [-0.2, 0) is 4.79 Å². The summed E-state index contributed by atoms with van der Waals surface area (Å²) in [6, 6.07) is 7.07. The smallest absolute Gasteiger partial charge is 0.273 e. The van der Waals surface area contributed by atoms with Gasteiger partial charge in [-0.15, -0.1) is 16.4 Å². The lowest BCUT2D eigenvalue weighted by atomic mass is 9.93. The maximum Gasteiger partial charge on any atom is 0.273 e. The SMILES string of the molecule is Cc1ccc(C(C(=O)NC2CCCC2)C(NC(=O)c2csnn2)c2cccs2)o1. The van der Waals surface area contributed by atoms with Crippen molar-refractivity contribution in [3.05, 3.63) is 57.1 Å². The largest absolute Gasteiger partial charge is 0.465 e. The van der Waals surface area contributed by atoms with E-state index in [1.165, 1.54) is 11.3 Å². The first-order valence-corrected chi connectivity index (χ1v) is 11.3. The number of aryl methyl sites for hydroxylation is 1. The van der Waals surface area contributed by atoms with Gasteiger partial charge in [-0.1, -0.05) is 23.4 Å². The number of carbonyl (C=O) groups excluding carboxylic acids is 2. The maximum absolute atomic E-state index is 13.4. The van der Waals surface area contributed by atoms with Crippen LogP contribution in [0.5, 0.6) is 0 Å². The van der Waals surface area contributed by atoms with Crippen LogP contribution in [0.25, 0.3) is 0 Å². The molecule has 9 heteroatoms. The molecule has 2 amide bonds. The van der Waals surface area contributed by atoms with Gasteiger partial charge in [0.05, 0.1) is 6.04 Å². The number of amides is 2. The molecule has 7 nitrogen and oxygen atoms in total. The zero-order valence-corrected chi connectivity index (χ0v) is 17.6. The van der Waals surface area contributed by atoms with Gasteiger partial charge in [-0.2, -0.15) is 0 Å². The highest BCUT2D eigenvalue weighted by Gasteiger charge is 2.37. The van der Waals surface area contributed by atoms with E-state index < -0.39 is 12.0 Å². The fourth-order valence-electron chi connectivity index (χ4n) is 3.69. The molecule has 0 aromatic carbocycles. The first-order valence-electron chi connectivity index (χ1n) is 9.60. The van der Waals surface area contributed by atoms with Crippen LogP contribution in [0.2, 0.25) is 0 Å². The highest BCUT2D eigenvalue weighted by Crippen LogP contribution is 2.35. The van der Waals surface area contributed by atoms with Crippen LogP contribution < -0.4 is 10.6 Å². The molecule has 1 fully saturated rings. The van der Waals surface area contributed by atoms with Crippen LogP contribution in [0.3, 0.4) is 0 Å². The number of hydrogen-bond acceptors (Lipinski definition) is 7. The number of nitrogens with one attached hydrogen (secondary N) is 2. The average molecular weight is 431 g/mol. The predicted octanol–water partition coefficient (Wildman–Crippen LogP) is 3.81. The van der Waals surface area contributed by atoms with Crippen LogP contribution in [0.1, 0.15) is 64.5 Å². The molecule has 152 valence electrons. The minimum Gasteiger partial charge on any atom is -0.465 e. The standard InChI is InChI=1S/C20H22N4O3S2/c1-12-8-9-15(27-12)17(20(26)21-13-5-2-3-6-13)18(16-7-4-10-28-16)22-19(25)14-11-29-24-23-14/h4,7-11,13,17-18H,2-3,5-6H2,1H3,(H,21,26)(H,22,25). The lowest BCUT2D eigenvalue weighted by Crippen LogP contribution is -2.42. The second kappa shape index (κ2) is 8.87. The van der Waals surface area contributed by atoms with Gasteiger partial charge in [-0.3, -0.25) is 9.59 Å². The zero-order valence-electron chi connectivity index (χ0n) is 16.0. The minimum atomic E-state index is -0.682. The third-order valence-corrected chi connectivity index (χ3v) is 6.57. The number of hydrogen-bond donors (Lipinski definition) is 2. The number of thiophene rings is 1. The van der Waals surface area contributed by atoms with Crippen LogP contribution in [0.15, 0.2) is 39.4 Å². The summed E-state index contributed by atoms with van der Waals surface area (Å²) in [4.78, 5) is 27.0. The molecule has 0 spiro atoms. The van der Waals surface area contributed by atoms with Crippen LogP contribution >= 0.6 is 22.9 Å². The lowest BCUT2D eigenvalue weighted by Gasteiger charge is -2.26. The molecule has 0 saturated heterocycles. The molecule has 3 heterocycles. The Balaban J connectivity index is 1.67. The Morgan fingerprint density at radius 2 is 2.07 bits per heavy atom. The van der Waals surface area contributed by atoms with E-state index in [0.717, 1.165) is 47.9 Å². The summed E-state index contributed by atoms with van der Waals surface area (Å²) in [6.07, 6.45) is 4.21. The molecule has 3 aromatic rings. The molecule has 1 saturated carbocycles. The summed E-state index contributed by atoms with van der Waals surface area (Å²) in [5.74, 6) is 0.0747. The minimum absolute atomic E-state index is 0.138. The third-order valence-electron chi connectivity index (χ3n) is 5.11. The molecule has 0 radical (unpaired) electrons. The van der Waals surface area contributed by atoms with Crippen molar-refractivity contribution in [2.45, 2.75) is 50.6 Å². The Morgan fingerprint density at radius 3 is 2.69 bits per heavy atom.